The second-order valence-electron chi connectivity index (χ2n) is 5.28. The topological polar surface area (TPSA) is 15.3 Å². The number of nitrogens with one attached hydrogen (secondary N) is 1. The van der Waals surface area contributed by atoms with E-state index in [1.54, 1.807) is 12.1 Å². The number of nitrogens with zero attached hydrogens (tertiary/aromatic N) is 1. The molecular formula is C15H23FN2. The summed E-state index contributed by atoms with van der Waals surface area (Å²) in [7, 11) is 0. The van der Waals surface area contributed by atoms with E-state index >= 15 is 0 Å². The third kappa shape index (κ3) is 3.45. The molecule has 18 heavy (non-hydrogen) atoms. The van der Waals surface area contributed by atoms with E-state index in [0.29, 0.717) is 6.04 Å². The summed E-state index contributed by atoms with van der Waals surface area (Å²) in [6.45, 7) is 7.52. The predicted octanol–water partition coefficient (Wildman–Crippen LogP) is 3.04. The lowest BCUT2D eigenvalue weighted by Crippen LogP contribution is -2.29. The fourth-order valence-corrected chi connectivity index (χ4v) is 2.86. The van der Waals surface area contributed by atoms with Crippen molar-refractivity contribution >= 4 is 5.69 Å². The van der Waals surface area contributed by atoms with E-state index in [1.165, 1.54) is 18.9 Å². The largest absolute Gasteiger partial charge is 0.371 e. The van der Waals surface area contributed by atoms with Crippen LogP contribution in [0.5, 0.6) is 0 Å². The molecule has 1 aliphatic heterocycles. The van der Waals surface area contributed by atoms with Crippen LogP contribution in [0.25, 0.3) is 0 Å². The maximum atomic E-state index is 13.2. The summed E-state index contributed by atoms with van der Waals surface area (Å²) in [4.78, 5) is 2.30. The molecule has 0 saturated carbocycles. The summed E-state index contributed by atoms with van der Waals surface area (Å²) in [5.74, 6) is 0.583. The summed E-state index contributed by atoms with van der Waals surface area (Å²) in [5.41, 5.74) is 1.02. The highest BCUT2D eigenvalue weighted by atomic mass is 19.1. The van der Waals surface area contributed by atoms with Gasteiger partial charge in [0, 0.05) is 24.8 Å². The minimum Gasteiger partial charge on any atom is -0.371 e. The Bertz CT molecular complexity index is 381. The Morgan fingerprint density at radius 1 is 1.50 bits per heavy atom. The molecule has 0 spiro atoms. The zero-order valence-electron chi connectivity index (χ0n) is 11.3. The highest BCUT2D eigenvalue weighted by molar-refractivity contribution is 5.47. The third-order valence-electron chi connectivity index (χ3n) is 3.70. The minimum absolute atomic E-state index is 0.142. The number of anilines is 1. The van der Waals surface area contributed by atoms with Crippen molar-refractivity contribution in [2.75, 3.05) is 24.5 Å². The Morgan fingerprint density at radius 3 is 3.06 bits per heavy atom. The number of benzene rings is 1. The van der Waals surface area contributed by atoms with Crippen molar-refractivity contribution in [1.29, 1.82) is 0 Å². The lowest BCUT2D eigenvalue weighted by molar-refractivity contribution is 0.430. The summed E-state index contributed by atoms with van der Waals surface area (Å²) < 4.78 is 13.2. The first kappa shape index (κ1) is 13.3. The van der Waals surface area contributed by atoms with E-state index in [2.05, 4.69) is 24.1 Å². The molecular weight excluding hydrogens is 227 g/mol. The van der Waals surface area contributed by atoms with Gasteiger partial charge in [-0.05, 0) is 50.4 Å². The van der Waals surface area contributed by atoms with Crippen LogP contribution in [-0.2, 0) is 0 Å². The van der Waals surface area contributed by atoms with Crippen molar-refractivity contribution in [3.63, 3.8) is 0 Å². The van der Waals surface area contributed by atoms with E-state index in [4.69, 9.17) is 0 Å². The van der Waals surface area contributed by atoms with Crippen LogP contribution in [-0.4, -0.2) is 25.7 Å². The van der Waals surface area contributed by atoms with Crippen LogP contribution < -0.4 is 10.2 Å². The first-order valence-corrected chi connectivity index (χ1v) is 6.93. The maximum Gasteiger partial charge on any atom is 0.125 e. The van der Waals surface area contributed by atoms with Gasteiger partial charge in [0.1, 0.15) is 5.82 Å². The fraction of sp³-hybridized carbons (Fsp3) is 0.600. The van der Waals surface area contributed by atoms with Crippen molar-refractivity contribution < 1.29 is 4.39 Å². The Labute approximate surface area is 109 Å². The van der Waals surface area contributed by atoms with Crippen LogP contribution in [0.3, 0.4) is 0 Å². The van der Waals surface area contributed by atoms with Gasteiger partial charge < -0.3 is 10.2 Å². The maximum absolute atomic E-state index is 13.2. The zero-order chi connectivity index (χ0) is 13.0. The van der Waals surface area contributed by atoms with Gasteiger partial charge in [-0.2, -0.15) is 0 Å². The molecule has 1 heterocycles. The van der Waals surface area contributed by atoms with E-state index in [-0.39, 0.29) is 5.82 Å². The smallest absolute Gasteiger partial charge is 0.125 e. The number of hydrogen-bond donors (Lipinski definition) is 1. The summed E-state index contributed by atoms with van der Waals surface area (Å²) in [6.07, 6.45) is 2.42. The van der Waals surface area contributed by atoms with Gasteiger partial charge >= 0.3 is 0 Å². The molecule has 1 N–H and O–H groups in total. The van der Waals surface area contributed by atoms with Gasteiger partial charge in [-0.25, -0.2) is 4.39 Å². The van der Waals surface area contributed by atoms with Crippen molar-refractivity contribution in [2.45, 2.75) is 32.7 Å². The van der Waals surface area contributed by atoms with E-state index < -0.39 is 0 Å². The Kier molecular flexibility index (Phi) is 4.59. The van der Waals surface area contributed by atoms with Crippen molar-refractivity contribution in [1.82, 2.24) is 5.32 Å². The lowest BCUT2D eigenvalue weighted by Gasteiger charge is -2.20. The third-order valence-corrected chi connectivity index (χ3v) is 3.70. The molecule has 0 aliphatic carbocycles. The zero-order valence-corrected chi connectivity index (χ0v) is 11.3. The standard InChI is InChI=1S/C15H23FN2/c1-3-17-12(2)9-13-7-8-18(11-13)15-6-4-5-14(16)10-15/h4-6,10,12-13,17H,3,7-9,11H2,1-2H3. The van der Waals surface area contributed by atoms with E-state index in [0.717, 1.165) is 31.2 Å². The second kappa shape index (κ2) is 6.19. The number of hydrogen-bond acceptors (Lipinski definition) is 2. The molecule has 1 fully saturated rings. The Hall–Kier alpha value is -1.09. The van der Waals surface area contributed by atoms with Crippen LogP contribution in [0.2, 0.25) is 0 Å². The Morgan fingerprint density at radius 2 is 2.33 bits per heavy atom. The van der Waals surface area contributed by atoms with Crippen molar-refractivity contribution in [3.8, 4) is 0 Å². The first-order chi connectivity index (χ1) is 8.69. The lowest BCUT2D eigenvalue weighted by atomic mass is 10.0. The van der Waals surface area contributed by atoms with Crippen LogP contribution in [0, 0.1) is 11.7 Å². The SMILES string of the molecule is CCNC(C)CC1CCN(c2cccc(F)c2)C1. The van der Waals surface area contributed by atoms with Gasteiger partial charge in [-0.1, -0.05) is 13.0 Å². The van der Waals surface area contributed by atoms with Crippen molar-refractivity contribution in [2.24, 2.45) is 5.92 Å². The van der Waals surface area contributed by atoms with E-state index in [9.17, 15) is 4.39 Å². The molecule has 1 saturated heterocycles. The molecule has 2 atom stereocenters. The first-order valence-electron chi connectivity index (χ1n) is 6.93. The van der Waals surface area contributed by atoms with Gasteiger partial charge in [0.25, 0.3) is 0 Å². The average molecular weight is 250 g/mol. The van der Waals surface area contributed by atoms with Gasteiger partial charge in [0.05, 0.1) is 0 Å². The molecule has 100 valence electrons. The van der Waals surface area contributed by atoms with Gasteiger partial charge in [-0.3, -0.25) is 0 Å². The molecule has 0 radical (unpaired) electrons. The van der Waals surface area contributed by atoms with Crippen LogP contribution in [0.15, 0.2) is 24.3 Å². The molecule has 0 aromatic heterocycles. The molecule has 2 unspecified atom stereocenters. The molecule has 3 heteroatoms. The minimum atomic E-state index is -0.142. The number of rotatable bonds is 5. The normalized spacial score (nSPS) is 21.3. The van der Waals surface area contributed by atoms with Gasteiger partial charge in [-0.15, -0.1) is 0 Å². The monoisotopic (exact) mass is 250 g/mol. The average Bonchev–Trinajstić information content (AvgIpc) is 2.78. The van der Waals surface area contributed by atoms with Gasteiger partial charge in [0.2, 0.25) is 0 Å². The van der Waals surface area contributed by atoms with Crippen LogP contribution in [0.1, 0.15) is 26.7 Å². The fourth-order valence-electron chi connectivity index (χ4n) is 2.86. The predicted molar refractivity (Wildman–Crippen MR) is 74.5 cm³/mol. The summed E-state index contributed by atoms with van der Waals surface area (Å²) in [6, 6.07) is 7.51. The van der Waals surface area contributed by atoms with Crippen LogP contribution in [0.4, 0.5) is 10.1 Å². The van der Waals surface area contributed by atoms with Crippen molar-refractivity contribution in [3.05, 3.63) is 30.1 Å². The number of halogens is 1. The Balaban J connectivity index is 1.88. The molecule has 1 aromatic carbocycles. The van der Waals surface area contributed by atoms with Gasteiger partial charge in [0.15, 0.2) is 0 Å². The van der Waals surface area contributed by atoms with E-state index in [1.807, 2.05) is 6.07 Å². The quantitative estimate of drug-likeness (QED) is 0.864. The molecule has 0 bridgehead atoms. The molecule has 0 amide bonds. The van der Waals surface area contributed by atoms with Crippen LogP contribution >= 0.6 is 0 Å². The molecule has 2 nitrogen and oxygen atoms in total. The highest BCUT2D eigenvalue weighted by Gasteiger charge is 2.24. The molecule has 2 rings (SSSR count). The molecule has 1 aromatic rings. The summed E-state index contributed by atoms with van der Waals surface area (Å²) in [5, 5.41) is 3.46. The highest BCUT2D eigenvalue weighted by Crippen LogP contribution is 2.26. The second-order valence-corrected chi connectivity index (χ2v) is 5.28. The summed E-state index contributed by atoms with van der Waals surface area (Å²) >= 11 is 0. The molecule has 1 aliphatic rings.